The molecule has 2 N–H and O–H groups in total. The zero-order valence-corrected chi connectivity index (χ0v) is 16.5. The fraction of sp³-hybridized carbons (Fsp3) is 0.190. The smallest absolute Gasteiger partial charge is 0.258 e. The van der Waals surface area contributed by atoms with Crippen molar-refractivity contribution in [1.82, 2.24) is 10.0 Å². The summed E-state index contributed by atoms with van der Waals surface area (Å²) in [4.78, 5) is 11.9. The summed E-state index contributed by atoms with van der Waals surface area (Å²) in [5.74, 6) is 0.745. The Hall–Kier alpha value is -3.10. The normalized spacial score (nSPS) is 11.2. The van der Waals surface area contributed by atoms with E-state index in [-0.39, 0.29) is 24.0 Å². The minimum atomic E-state index is -3.61. The molecule has 1 heterocycles. The van der Waals surface area contributed by atoms with E-state index in [1.165, 1.54) is 30.5 Å². The second-order valence-corrected chi connectivity index (χ2v) is 8.02. The molecule has 7 nitrogen and oxygen atoms in total. The van der Waals surface area contributed by atoms with E-state index in [2.05, 4.69) is 10.0 Å². The molecule has 1 aromatic heterocycles. The van der Waals surface area contributed by atoms with Crippen LogP contribution >= 0.6 is 0 Å². The number of carbonyl (C=O) groups excluding carboxylic acids is 1. The van der Waals surface area contributed by atoms with Crippen molar-refractivity contribution in [2.75, 3.05) is 13.2 Å². The van der Waals surface area contributed by atoms with Crippen molar-refractivity contribution in [2.45, 2.75) is 17.9 Å². The van der Waals surface area contributed by atoms with Crippen molar-refractivity contribution >= 4 is 15.9 Å². The van der Waals surface area contributed by atoms with Crippen molar-refractivity contribution in [3.8, 4) is 5.75 Å². The van der Waals surface area contributed by atoms with Gasteiger partial charge >= 0.3 is 0 Å². The van der Waals surface area contributed by atoms with E-state index in [9.17, 15) is 13.2 Å². The van der Waals surface area contributed by atoms with Crippen LogP contribution in [-0.2, 0) is 27.8 Å². The van der Waals surface area contributed by atoms with Gasteiger partial charge in [-0.2, -0.15) is 0 Å². The second kappa shape index (κ2) is 9.90. The minimum Gasteiger partial charge on any atom is -0.484 e. The lowest BCUT2D eigenvalue weighted by molar-refractivity contribution is -0.123. The molecule has 152 valence electrons. The summed E-state index contributed by atoms with van der Waals surface area (Å²) in [6.07, 6.45) is 2.14. The maximum Gasteiger partial charge on any atom is 0.258 e. The maximum atomic E-state index is 12.4. The van der Waals surface area contributed by atoms with E-state index >= 15 is 0 Å². The van der Waals surface area contributed by atoms with E-state index in [1.54, 1.807) is 12.1 Å². The maximum absolute atomic E-state index is 12.4. The molecular formula is C21H22N2O5S. The van der Waals surface area contributed by atoms with Gasteiger partial charge in [-0.15, -0.1) is 0 Å². The highest BCUT2D eigenvalue weighted by atomic mass is 32.2. The number of rotatable bonds is 10. The van der Waals surface area contributed by atoms with Crippen molar-refractivity contribution in [3.63, 3.8) is 0 Å². The van der Waals surface area contributed by atoms with Crippen LogP contribution in [0.5, 0.6) is 5.75 Å². The second-order valence-electron chi connectivity index (χ2n) is 6.25. The Bertz CT molecular complexity index is 1000. The highest BCUT2D eigenvalue weighted by Gasteiger charge is 2.13. The summed E-state index contributed by atoms with van der Waals surface area (Å²) in [7, 11) is -3.61. The summed E-state index contributed by atoms with van der Waals surface area (Å²) >= 11 is 0. The molecule has 0 aliphatic rings. The summed E-state index contributed by atoms with van der Waals surface area (Å²) in [5.41, 5.74) is 1.06. The fourth-order valence-electron chi connectivity index (χ4n) is 2.57. The van der Waals surface area contributed by atoms with Gasteiger partial charge < -0.3 is 14.5 Å². The van der Waals surface area contributed by atoms with Gasteiger partial charge in [0.15, 0.2) is 6.61 Å². The van der Waals surface area contributed by atoms with Gasteiger partial charge in [0, 0.05) is 6.54 Å². The highest BCUT2D eigenvalue weighted by molar-refractivity contribution is 7.89. The van der Waals surface area contributed by atoms with Gasteiger partial charge in [-0.1, -0.05) is 30.3 Å². The van der Waals surface area contributed by atoms with Crippen molar-refractivity contribution < 1.29 is 22.4 Å². The number of benzene rings is 2. The third kappa shape index (κ3) is 6.48. The van der Waals surface area contributed by atoms with Crippen LogP contribution in [0.2, 0.25) is 0 Å². The SMILES string of the molecule is O=C(COc1ccc(S(=O)(=O)NCCc2ccccc2)cc1)NCc1ccco1. The molecule has 0 unspecified atom stereocenters. The van der Waals surface area contributed by atoms with Crippen LogP contribution in [0.15, 0.2) is 82.3 Å². The van der Waals surface area contributed by atoms with E-state index in [0.29, 0.717) is 24.5 Å². The Morgan fingerprint density at radius 3 is 2.41 bits per heavy atom. The largest absolute Gasteiger partial charge is 0.484 e. The van der Waals surface area contributed by atoms with Crippen LogP contribution in [0.1, 0.15) is 11.3 Å². The number of nitrogens with one attached hydrogen (secondary N) is 2. The van der Waals surface area contributed by atoms with Crippen LogP contribution in [0.4, 0.5) is 0 Å². The van der Waals surface area contributed by atoms with Crippen LogP contribution in [-0.4, -0.2) is 27.5 Å². The molecule has 0 fully saturated rings. The zero-order chi connectivity index (χ0) is 20.5. The van der Waals surface area contributed by atoms with E-state index in [4.69, 9.17) is 9.15 Å². The molecule has 0 aliphatic heterocycles. The molecule has 1 amide bonds. The Labute approximate surface area is 169 Å². The third-order valence-electron chi connectivity index (χ3n) is 4.09. The van der Waals surface area contributed by atoms with Crippen molar-refractivity contribution in [3.05, 3.63) is 84.3 Å². The molecule has 0 saturated carbocycles. The number of carbonyl (C=O) groups is 1. The summed E-state index contributed by atoms with van der Waals surface area (Å²) < 4.78 is 37.8. The topological polar surface area (TPSA) is 97.6 Å². The molecule has 0 aliphatic carbocycles. The first-order chi connectivity index (χ1) is 14.0. The highest BCUT2D eigenvalue weighted by Crippen LogP contribution is 2.16. The van der Waals surface area contributed by atoms with Crippen molar-refractivity contribution in [1.29, 1.82) is 0 Å². The van der Waals surface area contributed by atoms with E-state index in [1.807, 2.05) is 30.3 Å². The quantitative estimate of drug-likeness (QED) is 0.531. The first kappa shape index (κ1) is 20.6. The molecule has 2 aromatic carbocycles. The molecule has 3 aromatic rings. The van der Waals surface area contributed by atoms with E-state index in [0.717, 1.165) is 5.56 Å². The van der Waals surface area contributed by atoms with Crippen LogP contribution in [0.3, 0.4) is 0 Å². The molecule has 3 rings (SSSR count). The number of hydrogen-bond acceptors (Lipinski definition) is 5. The van der Waals surface area contributed by atoms with Crippen LogP contribution in [0, 0.1) is 0 Å². The predicted octanol–water partition coefficient (Wildman–Crippen LogP) is 2.50. The van der Waals surface area contributed by atoms with Gasteiger partial charge in [0.05, 0.1) is 17.7 Å². The third-order valence-corrected chi connectivity index (χ3v) is 5.57. The Balaban J connectivity index is 1.45. The molecular weight excluding hydrogens is 392 g/mol. The van der Waals surface area contributed by atoms with Gasteiger partial charge in [0.2, 0.25) is 10.0 Å². The fourth-order valence-corrected chi connectivity index (χ4v) is 3.60. The predicted molar refractivity (Wildman–Crippen MR) is 108 cm³/mol. The molecule has 0 spiro atoms. The lowest BCUT2D eigenvalue weighted by Crippen LogP contribution is -2.28. The Morgan fingerprint density at radius 1 is 0.966 bits per heavy atom. The average Bonchev–Trinajstić information content (AvgIpc) is 3.25. The average molecular weight is 414 g/mol. The Morgan fingerprint density at radius 2 is 1.72 bits per heavy atom. The number of hydrogen-bond donors (Lipinski definition) is 2. The lowest BCUT2D eigenvalue weighted by Gasteiger charge is -2.09. The summed E-state index contributed by atoms with van der Waals surface area (Å²) in [5, 5.41) is 2.66. The van der Waals surface area contributed by atoms with Crippen LogP contribution < -0.4 is 14.8 Å². The van der Waals surface area contributed by atoms with Gasteiger partial charge in [0.25, 0.3) is 5.91 Å². The van der Waals surface area contributed by atoms with Crippen LogP contribution in [0.25, 0.3) is 0 Å². The minimum absolute atomic E-state index is 0.139. The number of sulfonamides is 1. The number of furan rings is 1. The standard InChI is InChI=1S/C21H22N2O5S/c24-21(22-15-19-7-4-14-27-19)16-28-18-8-10-20(11-9-18)29(25,26)23-13-12-17-5-2-1-3-6-17/h1-11,14,23H,12-13,15-16H2,(H,22,24). The molecule has 0 atom stereocenters. The molecule has 0 saturated heterocycles. The first-order valence-corrected chi connectivity index (χ1v) is 10.6. The van der Waals surface area contributed by atoms with Gasteiger partial charge in [-0.05, 0) is 48.4 Å². The van der Waals surface area contributed by atoms with E-state index < -0.39 is 10.0 Å². The summed E-state index contributed by atoms with van der Waals surface area (Å²) in [6.45, 7) is 0.406. The first-order valence-electron chi connectivity index (χ1n) is 9.08. The number of ether oxygens (including phenoxy) is 1. The number of amides is 1. The Kier molecular flexibility index (Phi) is 7.04. The molecule has 29 heavy (non-hydrogen) atoms. The summed E-state index contributed by atoms with van der Waals surface area (Å²) in [6, 6.07) is 19.1. The molecule has 8 heteroatoms. The van der Waals surface area contributed by atoms with Crippen molar-refractivity contribution in [2.24, 2.45) is 0 Å². The monoisotopic (exact) mass is 414 g/mol. The zero-order valence-electron chi connectivity index (χ0n) is 15.7. The molecule has 0 radical (unpaired) electrons. The van der Waals surface area contributed by atoms with Gasteiger partial charge in [-0.3, -0.25) is 4.79 Å². The molecule has 0 bridgehead atoms. The van der Waals surface area contributed by atoms with Gasteiger partial charge in [-0.25, -0.2) is 13.1 Å². The van der Waals surface area contributed by atoms with Gasteiger partial charge in [0.1, 0.15) is 11.5 Å². The lowest BCUT2D eigenvalue weighted by atomic mass is 10.2.